The SMILES string of the molecule is O=C(O)CC1(CSCCOc2ccc(Cl)cc2)CC1. The molecule has 104 valence electrons. The number of rotatable bonds is 8. The minimum Gasteiger partial charge on any atom is -0.493 e. The van der Waals surface area contributed by atoms with Crippen LogP contribution in [0.5, 0.6) is 5.75 Å². The van der Waals surface area contributed by atoms with Gasteiger partial charge in [0.15, 0.2) is 0 Å². The maximum Gasteiger partial charge on any atom is 0.303 e. The first-order valence-corrected chi connectivity index (χ1v) is 7.81. The van der Waals surface area contributed by atoms with Gasteiger partial charge in [-0.05, 0) is 48.3 Å². The van der Waals surface area contributed by atoms with Gasteiger partial charge < -0.3 is 9.84 Å². The lowest BCUT2D eigenvalue weighted by Crippen LogP contribution is -2.12. The molecule has 0 unspecified atom stereocenters. The van der Waals surface area contributed by atoms with Gasteiger partial charge in [0.2, 0.25) is 0 Å². The average Bonchev–Trinajstić information content (AvgIpc) is 3.10. The molecule has 0 saturated heterocycles. The summed E-state index contributed by atoms with van der Waals surface area (Å²) in [6.45, 7) is 0.634. The van der Waals surface area contributed by atoms with Crippen LogP contribution in [-0.2, 0) is 4.79 Å². The molecular formula is C14H17ClO3S. The van der Waals surface area contributed by atoms with Crippen molar-refractivity contribution in [1.82, 2.24) is 0 Å². The van der Waals surface area contributed by atoms with Crippen LogP contribution in [0.4, 0.5) is 0 Å². The minimum atomic E-state index is -0.685. The number of halogens is 1. The highest BCUT2D eigenvalue weighted by atomic mass is 35.5. The molecule has 1 aromatic carbocycles. The van der Waals surface area contributed by atoms with E-state index in [1.165, 1.54) is 0 Å². The Hall–Kier alpha value is -0.870. The predicted molar refractivity (Wildman–Crippen MR) is 78.2 cm³/mol. The summed E-state index contributed by atoms with van der Waals surface area (Å²) >= 11 is 7.56. The van der Waals surface area contributed by atoms with Gasteiger partial charge in [-0.1, -0.05) is 11.6 Å². The Morgan fingerprint density at radius 2 is 2.05 bits per heavy atom. The lowest BCUT2D eigenvalue weighted by molar-refractivity contribution is -0.138. The van der Waals surface area contributed by atoms with Crippen molar-refractivity contribution in [3.05, 3.63) is 29.3 Å². The molecule has 0 radical (unpaired) electrons. The zero-order valence-corrected chi connectivity index (χ0v) is 12.2. The number of hydrogen-bond acceptors (Lipinski definition) is 3. The second-order valence-corrected chi connectivity index (χ2v) is 6.47. The van der Waals surface area contributed by atoms with Gasteiger partial charge in [0.25, 0.3) is 0 Å². The van der Waals surface area contributed by atoms with Crippen molar-refractivity contribution in [2.45, 2.75) is 19.3 Å². The lowest BCUT2D eigenvalue weighted by atomic mass is 10.1. The van der Waals surface area contributed by atoms with Crippen LogP contribution < -0.4 is 4.74 Å². The largest absolute Gasteiger partial charge is 0.493 e. The number of aliphatic carboxylic acids is 1. The molecule has 0 bridgehead atoms. The highest BCUT2D eigenvalue weighted by molar-refractivity contribution is 7.99. The summed E-state index contributed by atoms with van der Waals surface area (Å²) in [5.74, 6) is 1.93. The van der Waals surface area contributed by atoms with Gasteiger partial charge in [0.1, 0.15) is 5.75 Å². The number of carboxylic acid groups (broad SMARTS) is 1. The molecule has 1 aliphatic carbocycles. The third-order valence-corrected chi connectivity index (χ3v) is 4.73. The van der Waals surface area contributed by atoms with Crippen molar-refractivity contribution in [3.8, 4) is 5.75 Å². The van der Waals surface area contributed by atoms with E-state index >= 15 is 0 Å². The van der Waals surface area contributed by atoms with Crippen molar-refractivity contribution >= 4 is 29.3 Å². The fourth-order valence-electron chi connectivity index (χ4n) is 1.91. The van der Waals surface area contributed by atoms with E-state index in [2.05, 4.69) is 0 Å². The highest BCUT2D eigenvalue weighted by Gasteiger charge is 2.43. The number of carbonyl (C=O) groups is 1. The molecule has 0 atom stereocenters. The van der Waals surface area contributed by atoms with Crippen molar-refractivity contribution in [3.63, 3.8) is 0 Å². The molecule has 0 amide bonds. The summed E-state index contributed by atoms with van der Waals surface area (Å²) in [5, 5.41) is 9.52. The number of benzene rings is 1. The Balaban J connectivity index is 1.60. The topological polar surface area (TPSA) is 46.5 Å². The Labute approximate surface area is 122 Å². The summed E-state index contributed by atoms with van der Waals surface area (Å²) in [6, 6.07) is 7.30. The average molecular weight is 301 g/mol. The lowest BCUT2D eigenvalue weighted by Gasteiger charge is -2.12. The molecule has 1 fully saturated rings. The van der Waals surface area contributed by atoms with Crippen molar-refractivity contribution in [1.29, 1.82) is 0 Å². The summed E-state index contributed by atoms with van der Waals surface area (Å²) in [5.41, 5.74) is 0.0662. The van der Waals surface area contributed by atoms with Crippen LogP contribution in [0.1, 0.15) is 19.3 Å². The van der Waals surface area contributed by atoms with Crippen molar-refractivity contribution in [2.75, 3.05) is 18.1 Å². The second-order valence-electron chi connectivity index (χ2n) is 4.93. The number of hydrogen-bond donors (Lipinski definition) is 1. The van der Waals surface area contributed by atoms with Gasteiger partial charge in [0.05, 0.1) is 13.0 Å². The Morgan fingerprint density at radius 3 is 2.63 bits per heavy atom. The highest BCUT2D eigenvalue weighted by Crippen LogP contribution is 2.50. The fourth-order valence-corrected chi connectivity index (χ4v) is 3.20. The fraction of sp³-hybridized carbons (Fsp3) is 0.500. The molecule has 1 aliphatic rings. The zero-order chi connectivity index (χ0) is 13.7. The minimum absolute atomic E-state index is 0.0662. The van der Waals surface area contributed by atoms with Crippen LogP contribution in [0.15, 0.2) is 24.3 Å². The number of ether oxygens (including phenoxy) is 1. The summed E-state index contributed by atoms with van der Waals surface area (Å²) in [7, 11) is 0. The molecule has 1 aromatic rings. The van der Waals surface area contributed by atoms with Crippen LogP contribution in [-0.4, -0.2) is 29.2 Å². The molecular weight excluding hydrogens is 284 g/mol. The molecule has 0 aliphatic heterocycles. The van der Waals surface area contributed by atoms with E-state index < -0.39 is 5.97 Å². The zero-order valence-electron chi connectivity index (χ0n) is 10.6. The normalized spacial score (nSPS) is 16.1. The Kier molecular flexibility index (Phi) is 4.99. The number of thioether (sulfide) groups is 1. The molecule has 19 heavy (non-hydrogen) atoms. The molecule has 0 spiro atoms. The van der Waals surface area contributed by atoms with E-state index in [9.17, 15) is 4.79 Å². The van der Waals surface area contributed by atoms with Gasteiger partial charge >= 0.3 is 5.97 Å². The maximum absolute atomic E-state index is 10.7. The molecule has 0 aromatic heterocycles. The monoisotopic (exact) mass is 300 g/mol. The van der Waals surface area contributed by atoms with Crippen molar-refractivity contribution in [2.24, 2.45) is 5.41 Å². The first kappa shape index (κ1) is 14.5. The predicted octanol–water partition coefficient (Wildman–Crippen LogP) is 3.71. The van der Waals surface area contributed by atoms with E-state index in [4.69, 9.17) is 21.4 Å². The Bertz CT molecular complexity index is 429. The van der Waals surface area contributed by atoms with Gasteiger partial charge in [0, 0.05) is 10.8 Å². The quantitative estimate of drug-likeness (QED) is 0.744. The first-order chi connectivity index (χ1) is 9.10. The van der Waals surface area contributed by atoms with E-state index in [1.807, 2.05) is 12.1 Å². The maximum atomic E-state index is 10.7. The molecule has 0 heterocycles. The van der Waals surface area contributed by atoms with Crippen LogP contribution in [0.25, 0.3) is 0 Å². The van der Waals surface area contributed by atoms with Crippen LogP contribution in [0, 0.1) is 5.41 Å². The standard InChI is InChI=1S/C14H17ClO3S/c15-11-1-3-12(4-2-11)18-7-8-19-10-14(5-6-14)9-13(16)17/h1-4H,5-10H2,(H,16,17). The molecule has 5 heteroatoms. The first-order valence-electron chi connectivity index (χ1n) is 6.28. The molecule has 3 nitrogen and oxygen atoms in total. The second kappa shape index (κ2) is 6.53. The van der Waals surface area contributed by atoms with E-state index in [0.717, 1.165) is 30.1 Å². The van der Waals surface area contributed by atoms with Gasteiger partial charge in [-0.15, -0.1) is 0 Å². The molecule has 2 rings (SSSR count). The van der Waals surface area contributed by atoms with Crippen LogP contribution in [0.2, 0.25) is 5.02 Å². The molecule has 1 N–H and O–H groups in total. The third kappa shape index (κ3) is 4.96. The van der Waals surface area contributed by atoms with E-state index in [-0.39, 0.29) is 5.41 Å². The number of carboxylic acids is 1. The van der Waals surface area contributed by atoms with E-state index in [1.54, 1.807) is 23.9 Å². The van der Waals surface area contributed by atoms with Crippen LogP contribution in [0.3, 0.4) is 0 Å². The van der Waals surface area contributed by atoms with Gasteiger partial charge in [-0.25, -0.2) is 0 Å². The summed E-state index contributed by atoms with van der Waals surface area (Å²) in [6.07, 6.45) is 2.40. The molecule has 1 saturated carbocycles. The summed E-state index contributed by atoms with van der Waals surface area (Å²) in [4.78, 5) is 10.7. The van der Waals surface area contributed by atoms with E-state index in [0.29, 0.717) is 18.1 Å². The van der Waals surface area contributed by atoms with Crippen molar-refractivity contribution < 1.29 is 14.6 Å². The smallest absolute Gasteiger partial charge is 0.303 e. The third-order valence-electron chi connectivity index (χ3n) is 3.20. The summed E-state index contributed by atoms with van der Waals surface area (Å²) < 4.78 is 5.58. The van der Waals surface area contributed by atoms with Gasteiger partial charge in [-0.2, -0.15) is 11.8 Å². The van der Waals surface area contributed by atoms with Gasteiger partial charge in [-0.3, -0.25) is 4.79 Å². The Morgan fingerprint density at radius 1 is 1.37 bits per heavy atom. The van der Waals surface area contributed by atoms with Crippen LogP contribution >= 0.6 is 23.4 Å².